The molecule has 0 aliphatic carbocycles. The molecule has 5 nitrogen and oxygen atoms in total. The van der Waals surface area contributed by atoms with Crippen LogP contribution in [0.1, 0.15) is 17.3 Å². The number of nitrogens with one attached hydrogen (secondary N) is 1. The molecule has 5 heteroatoms. The van der Waals surface area contributed by atoms with Crippen LogP contribution < -0.4 is 10.3 Å². The molecule has 2 rings (SSSR count). The number of pyridine rings is 1. The smallest absolute Gasteiger partial charge is 0.341 e. The molecule has 1 aromatic heterocycles. The summed E-state index contributed by atoms with van der Waals surface area (Å²) in [6.45, 7) is 2.39. The van der Waals surface area contributed by atoms with Gasteiger partial charge in [0.1, 0.15) is 11.3 Å². The van der Waals surface area contributed by atoms with E-state index in [1.54, 1.807) is 18.2 Å². The van der Waals surface area contributed by atoms with Gasteiger partial charge in [-0.2, -0.15) is 0 Å². The van der Waals surface area contributed by atoms with Crippen molar-refractivity contribution in [2.24, 2.45) is 0 Å². The number of benzene rings is 1. The number of aromatic amines is 1. The van der Waals surface area contributed by atoms with Crippen LogP contribution in [0.2, 0.25) is 0 Å². The number of carbonyl (C=O) groups is 1. The van der Waals surface area contributed by atoms with Crippen LogP contribution in [-0.2, 0) is 0 Å². The van der Waals surface area contributed by atoms with Gasteiger partial charge in [0.2, 0.25) is 0 Å². The third kappa shape index (κ3) is 2.13. The Bertz CT molecular complexity index is 630. The molecule has 1 aromatic carbocycles. The van der Waals surface area contributed by atoms with E-state index in [0.29, 0.717) is 23.3 Å². The summed E-state index contributed by atoms with van der Waals surface area (Å²) < 4.78 is 5.31. The zero-order valence-electron chi connectivity index (χ0n) is 9.19. The number of fused-ring (bicyclic) bond motifs is 1. The zero-order chi connectivity index (χ0) is 12.4. The summed E-state index contributed by atoms with van der Waals surface area (Å²) in [4.78, 5) is 24.8. The predicted octanol–water partition coefficient (Wildman–Crippen LogP) is 1.62. The Labute approximate surface area is 96.7 Å². The number of rotatable bonds is 3. The Hall–Kier alpha value is -2.30. The Kier molecular flexibility index (Phi) is 2.82. The van der Waals surface area contributed by atoms with E-state index in [0.717, 1.165) is 0 Å². The first kappa shape index (κ1) is 11.2. The molecule has 0 unspecified atom stereocenters. The molecule has 0 saturated heterocycles. The highest BCUT2D eigenvalue weighted by atomic mass is 16.5. The van der Waals surface area contributed by atoms with Crippen LogP contribution in [0.3, 0.4) is 0 Å². The van der Waals surface area contributed by atoms with Gasteiger partial charge in [0.05, 0.1) is 6.61 Å². The normalized spacial score (nSPS) is 10.4. The number of H-pyrrole nitrogens is 1. The third-order valence-electron chi connectivity index (χ3n) is 2.36. The lowest BCUT2D eigenvalue weighted by atomic mass is 10.1. The standard InChI is InChI=1S/C12H11NO4/c1-2-17-8-3-4-10-7(5-8)6-9(12(15)16)11(14)13-10/h3-6H,2H2,1H3,(H,13,14)(H,15,16). The van der Waals surface area contributed by atoms with Crippen molar-refractivity contribution in [2.75, 3.05) is 6.61 Å². The number of carboxylic acids is 1. The molecule has 0 aliphatic rings. The average Bonchev–Trinajstić information content (AvgIpc) is 2.28. The van der Waals surface area contributed by atoms with E-state index in [1.807, 2.05) is 6.92 Å². The minimum absolute atomic E-state index is 0.272. The summed E-state index contributed by atoms with van der Waals surface area (Å²) in [5.41, 5.74) is -0.288. The van der Waals surface area contributed by atoms with Crippen LogP contribution in [0.5, 0.6) is 5.75 Å². The van der Waals surface area contributed by atoms with E-state index in [1.165, 1.54) is 6.07 Å². The molecular weight excluding hydrogens is 222 g/mol. The molecule has 88 valence electrons. The molecule has 0 spiro atoms. The van der Waals surface area contributed by atoms with Crippen LogP contribution in [0.25, 0.3) is 10.9 Å². The van der Waals surface area contributed by atoms with Gasteiger partial charge in [-0.1, -0.05) is 0 Å². The molecule has 0 saturated carbocycles. The second-order valence-corrected chi connectivity index (χ2v) is 3.50. The van der Waals surface area contributed by atoms with E-state index >= 15 is 0 Å². The molecule has 17 heavy (non-hydrogen) atoms. The molecule has 0 bridgehead atoms. The summed E-state index contributed by atoms with van der Waals surface area (Å²) in [5, 5.41) is 9.48. The Balaban J connectivity index is 2.64. The second-order valence-electron chi connectivity index (χ2n) is 3.50. The molecule has 2 aromatic rings. The van der Waals surface area contributed by atoms with Crippen LogP contribution in [0.4, 0.5) is 0 Å². The number of aromatic carboxylic acids is 1. The molecular formula is C12H11NO4. The number of ether oxygens (including phenoxy) is 1. The first-order valence-electron chi connectivity index (χ1n) is 5.15. The second kappa shape index (κ2) is 4.29. The van der Waals surface area contributed by atoms with Crippen molar-refractivity contribution in [1.82, 2.24) is 4.98 Å². The van der Waals surface area contributed by atoms with E-state index in [-0.39, 0.29) is 5.56 Å². The van der Waals surface area contributed by atoms with Gasteiger partial charge in [0.15, 0.2) is 0 Å². The van der Waals surface area contributed by atoms with Gasteiger partial charge < -0.3 is 14.8 Å². The van der Waals surface area contributed by atoms with Crippen molar-refractivity contribution < 1.29 is 14.6 Å². The molecule has 2 N–H and O–H groups in total. The van der Waals surface area contributed by atoms with Gasteiger partial charge in [0, 0.05) is 10.9 Å². The average molecular weight is 233 g/mol. The van der Waals surface area contributed by atoms with Crippen LogP contribution in [0.15, 0.2) is 29.1 Å². The highest BCUT2D eigenvalue weighted by Crippen LogP contribution is 2.19. The Morgan fingerprint density at radius 2 is 2.18 bits per heavy atom. The fourth-order valence-corrected chi connectivity index (χ4v) is 1.60. The zero-order valence-corrected chi connectivity index (χ0v) is 9.19. The minimum atomic E-state index is -1.24. The van der Waals surface area contributed by atoms with Crippen molar-refractivity contribution in [3.63, 3.8) is 0 Å². The molecule has 0 atom stereocenters. The summed E-state index contributed by atoms with van der Waals surface area (Å²) in [6, 6.07) is 6.45. The van der Waals surface area contributed by atoms with Crippen molar-refractivity contribution in [2.45, 2.75) is 6.92 Å². The summed E-state index contributed by atoms with van der Waals surface area (Å²) >= 11 is 0. The van der Waals surface area contributed by atoms with Crippen LogP contribution in [0, 0.1) is 0 Å². The monoisotopic (exact) mass is 233 g/mol. The summed E-state index contributed by atoms with van der Waals surface area (Å²) in [6.07, 6.45) is 0. The fourth-order valence-electron chi connectivity index (χ4n) is 1.60. The molecule has 0 amide bonds. The highest BCUT2D eigenvalue weighted by Gasteiger charge is 2.10. The van der Waals surface area contributed by atoms with Crippen LogP contribution >= 0.6 is 0 Å². The fraction of sp³-hybridized carbons (Fsp3) is 0.167. The van der Waals surface area contributed by atoms with E-state index in [4.69, 9.17) is 9.84 Å². The SMILES string of the molecule is CCOc1ccc2[nH]c(=O)c(C(=O)O)cc2c1. The van der Waals surface area contributed by atoms with Gasteiger partial charge in [-0.15, -0.1) is 0 Å². The first-order valence-corrected chi connectivity index (χ1v) is 5.15. The quantitative estimate of drug-likeness (QED) is 0.844. The van der Waals surface area contributed by atoms with Gasteiger partial charge >= 0.3 is 5.97 Å². The highest BCUT2D eigenvalue weighted by molar-refractivity contribution is 5.92. The topological polar surface area (TPSA) is 79.4 Å². The lowest BCUT2D eigenvalue weighted by molar-refractivity contribution is 0.0695. The molecule has 0 fully saturated rings. The Morgan fingerprint density at radius 3 is 2.82 bits per heavy atom. The van der Waals surface area contributed by atoms with E-state index in [2.05, 4.69) is 4.98 Å². The number of aromatic nitrogens is 1. The number of hydrogen-bond donors (Lipinski definition) is 2. The van der Waals surface area contributed by atoms with Crippen molar-refractivity contribution >= 4 is 16.9 Å². The van der Waals surface area contributed by atoms with Crippen LogP contribution in [-0.4, -0.2) is 22.7 Å². The minimum Gasteiger partial charge on any atom is -0.494 e. The lowest BCUT2D eigenvalue weighted by Gasteiger charge is -2.05. The van der Waals surface area contributed by atoms with Crippen molar-refractivity contribution in [3.05, 3.63) is 40.2 Å². The third-order valence-corrected chi connectivity index (χ3v) is 2.36. The Morgan fingerprint density at radius 1 is 1.41 bits per heavy atom. The maximum atomic E-state index is 11.4. The van der Waals surface area contributed by atoms with Crippen molar-refractivity contribution in [3.8, 4) is 5.75 Å². The summed E-state index contributed by atoms with van der Waals surface area (Å²) in [5.74, 6) is -0.599. The molecule has 0 radical (unpaired) electrons. The van der Waals surface area contributed by atoms with Crippen molar-refractivity contribution in [1.29, 1.82) is 0 Å². The number of carboxylic acid groups (broad SMARTS) is 1. The maximum absolute atomic E-state index is 11.4. The maximum Gasteiger partial charge on any atom is 0.341 e. The van der Waals surface area contributed by atoms with E-state index < -0.39 is 11.5 Å². The lowest BCUT2D eigenvalue weighted by Crippen LogP contribution is -2.16. The van der Waals surface area contributed by atoms with Gasteiger partial charge in [-0.3, -0.25) is 4.79 Å². The van der Waals surface area contributed by atoms with Gasteiger partial charge in [-0.25, -0.2) is 4.79 Å². The molecule has 0 aliphatic heterocycles. The van der Waals surface area contributed by atoms with Gasteiger partial charge in [0.25, 0.3) is 5.56 Å². The number of hydrogen-bond acceptors (Lipinski definition) is 3. The predicted molar refractivity (Wildman–Crippen MR) is 62.7 cm³/mol. The van der Waals surface area contributed by atoms with Gasteiger partial charge in [-0.05, 0) is 31.2 Å². The largest absolute Gasteiger partial charge is 0.494 e. The first-order chi connectivity index (χ1) is 8.11. The summed E-state index contributed by atoms with van der Waals surface area (Å²) in [7, 11) is 0. The molecule has 1 heterocycles. The van der Waals surface area contributed by atoms with E-state index in [9.17, 15) is 9.59 Å².